The molecular weight excluding hydrogens is 452 g/mol. The van der Waals surface area contributed by atoms with E-state index in [1.807, 2.05) is 30.3 Å². The summed E-state index contributed by atoms with van der Waals surface area (Å²) < 4.78 is 10.9. The average molecular weight is 483 g/mol. The van der Waals surface area contributed by atoms with E-state index in [0.29, 0.717) is 5.56 Å². The van der Waals surface area contributed by atoms with Gasteiger partial charge in [0.1, 0.15) is 0 Å². The van der Waals surface area contributed by atoms with Crippen molar-refractivity contribution in [3.05, 3.63) is 59.7 Å². The maximum atomic E-state index is 13.6. The number of likely N-dealkylation sites (tertiary alicyclic amines) is 1. The average Bonchev–Trinajstić information content (AvgIpc) is 3.28. The minimum Gasteiger partial charge on any atom is -0.504 e. The van der Waals surface area contributed by atoms with Gasteiger partial charge in [0.2, 0.25) is 11.8 Å². The summed E-state index contributed by atoms with van der Waals surface area (Å²) in [5, 5.41) is 23.8. The van der Waals surface area contributed by atoms with E-state index in [-0.39, 0.29) is 24.7 Å². The van der Waals surface area contributed by atoms with Crippen LogP contribution in [-0.4, -0.2) is 57.7 Å². The third kappa shape index (κ3) is 4.15. The number of nitrogens with one attached hydrogen (secondary N) is 1. The molecule has 3 N–H and O–H groups in total. The van der Waals surface area contributed by atoms with Crippen molar-refractivity contribution in [1.29, 1.82) is 0 Å². The first-order valence-corrected chi connectivity index (χ1v) is 11.4. The number of benzene rings is 2. The number of carboxylic acid groups (broad SMARTS) is 1. The Labute approximate surface area is 203 Å². The molecule has 4 unspecified atom stereocenters. The zero-order valence-corrected chi connectivity index (χ0v) is 20.1. The van der Waals surface area contributed by atoms with Crippen LogP contribution in [0.4, 0.5) is 0 Å². The number of carbonyl (C=O) groups excluding carboxylic acids is 2. The van der Waals surface area contributed by atoms with Crippen molar-refractivity contribution >= 4 is 17.8 Å². The van der Waals surface area contributed by atoms with Gasteiger partial charge in [-0.3, -0.25) is 24.6 Å². The number of carbonyl (C=O) groups is 3. The molecule has 9 nitrogen and oxygen atoms in total. The van der Waals surface area contributed by atoms with Crippen molar-refractivity contribution in [3.63, 3.8) is 0 Å². The van der Waals surface area contributed by atoms with Gasteiger partial charge in [0.25, 0.3) is 0 Å². The van der Waals surface area contributed by atoms with Crippen LogP contribution < -0.4 is 10.1 Å². The second-order valence-corrected chi connectivity index (χ2v) is 9.99. The highest BCUT2D eigenvalue weighted by atomic mass is 16.5. The predicted octanol–water partition coefficient (Wildman–Crippen LogP) is 2.49. The Bertz CT molecular complexity index is 1140. The molecule has 2 aliphatic heterocycles. The van der Waals surface area contributed by atoms with Crippen molar-refractivity contribution in [2.45, 2.75) is 44.5 Å². The van der Waals surface area contributed by atoms with Crippen LogP contribution in [0.1, 0.15) is 37.9 Å². The molecule has 0 aliphatic carbocycles. The molecule has 0 bridgehead atoms. The first-order valence-electron chi connectivity index (χ1n) is 11.4. The van der Waals surface area contributed by atoms with Crippen molar-refractivity contribution in [2.24, 2.45) is 11.8 Å². The number of fused-ring (bicyclic) bond motifs is 1. The molecule has 4 atom stereocenters. The topological polar surface area (TPSA) is 125 Å². The number of ether oxygens (including phenoxy) is 2. The van der Waals surface area contributed by atoms with E-state index in [0.717, 1.165) is 10.5 Å². The zero-order chi connectivity index (χ0) is 25.5. The van der Waals surface area contributed by atoms with E-state index in [1.54, 1.807) is 26.8 Å². The second-order valence-electron chi connectivity index (χ2n) is 9.99. The van der Waals surface area contributed by atoms with Crippen LogP contribution in [0.25, 0.3) is 0 Å². The van der Waals surface area contributed by atoms with E-state index in [4.69, 9.17) is 9.47 Å². The van der Waals surface area contributed by atoms with Gasteiger partial charge in [0.15, 0.2) is 17.0 Å². The van der Waals surface area contributed by atoms with E-state index < -0.39 is 46.7 Å². The van der Waals surface area contributed by atoms with Crippen molar-refractivity contribution in [3.8, 4) is 11.5 Å². The van der Waals surface area contributed by atoms with E-state index in [2.05, 4.69) is 5.32 Å². The molecule has 9 heteroatoms. The highest BCUT2D eigenvalue weighted by Crippen LogP contribution is 2.51. The number of hydrogen-bond acceptors (Lipinski definition) is 7. The smallest absolute Gasteiger partial charge is 0.327 e. The molecule has 0 aromatic heterocycles. The second kappa shape index (κ2) is 8.98. The number of imide groups is 1. The van der Waals surface area contributed by atoms with Gasteiger partial charge in [-0.25, -0.2) is 0 Å². The van der Waals surface area contributed by atoms with Crippen LogP contribution in [0.3, 0.4) is 0 Å². The fourth-order valence-electron chi connectivity index (χ4n) is 5.15. The molecule has 2 saturated heterocycles. The highest BCUT2D eigenvalue weighted by molar-refractivity contribution is 6.10. The van der Waals surface area contributed by atoms with Gasteiger partial charge in [-0.1, -0.05) is 36.4 Å². The molecule has 0 saturated carbocycles. The summed E-state index contributed by atoms with van der Waals surface area (Å²) in [4.78, 5) is 41.1. The predicted molar refractivity (Wildman–Crippen MR) is 126 cm³/mol. The third-order valence-electron chi connectivity index (χ3n) is 6.71. The summed E-state index contributed by atoms with van der Waals surface area (Å²) in [6, 6.07) is 13.0. The molecule has 2 fully saturated rings. The van der Waals surface area contributed by atoms with Crippen LogP contribution >= 0.6 is 0 Å². The number of amides is 2. The van der Waals surface area contributed by atoms with E-state index >= 15 is 0 Å². The first-order chi connectivity index (χ1) is 16.5. The Kier molecular flexibility index (Phi) is 6.33. The summed E-state index contributed by atoms with van der Waals surface area (Å²) in [5.41, 5.74) is -1.35. The number of hydrogen-bond donors (Lipinski definition) is 3. The molecule has 2 aromatic rings. The monoisotopic (exact) mass is 482 g/mol. The quantitative estimate of drug-likeness (QED) is 0.514. The van der Waals surface area contributed by atoms with Gasteiger partial charge in [0.05, 0.1) is 32.2 Å². The van der Waals surface area contributed by atoms with Crippen LogP contribution in [0.2, 0.25) is 0 Å². The Morgan fingerprint density at radius 2 is 1.80 bits per heavy atom. The number of methoxy groups -OCH3 is 1. The van der Waals surface area contributed by atoms with Crippen molar-refractivity contribution in [1.82, 2.24) is 10.2 Å². The lowest BCUT2D eigenvalue weighted by atomic mass is 9.79. The first kappa shape index (κ1) is 24.7. The molecule has 35 heavy (non-hydrogen) atoms. The number of aromatic hydroxyl groups is 1. The van der Waals surface area contributed by atoms with E-state index in [9.17, 15) is 24.6 Å². The molecule has 2 heterocycles. The summed E-state index contributed by atoms with van der Waals surface area (Å²) in [7, 11) is 1.42. The van der Waals surface area contributed by atoms with Crippen molar-refractivity contribution < 1.29 is 34.1 Å². The maximum Gasteiger partial charge on any atom is 0.327 e. The van der Waals surface area contributed by atoms with Gasteiger partial charge in [-0.15, -0.1) is 0 Å². The summed E-state index contributed by atoms with van der Waals surface area (Å²) in [5.74, 6) is -4.36. The van der Waals surface area contributed by atoms with Crippen LogP contribution in [-0.2, 0) is 25.7 Å². The van der Waals surface area contributed by atoms with Gasteiger partial charge >= 0.3 is 5.97 Å². The van der Waals surface area contributed by atoms with Crippen LogP contribution in [0.5, 0.6) is 11.5 Å². The van der Waals surface area contributed by atoms with Gasteiger partial charge in [0, 0.05) is 11.6 Å². The van der Waals surface area contributed by atoms with Crippen LogP contribution in [0.15, 0.2) is 48.5 Å². The Morgan fingerprint density at radius 3 is 2.37 bits per heavy atom. The molecule has 2 aliphatic rings. The molecule has 186 valence electrons. The molecule has 2 amide bonds. The van der Waals surface area contributed by atoms with Gasteiger partial charge < -0.3 is 19.7 Å². The standard InChI is InChI=1S/C26H30N2O7/c1-25(2,3)28-22(30)19-20(23(28)31)26(24(32)33,14-35-13-15-8-6-5-7-9-15)27-21(19)16-10-11-18(34-4)17(29)12-16/h5-12,19-21,27,29H,13-14H2,1-4H3,(H,32,33). The lowest BCUT2D eigenvalue weighted by molar-refractivity contribution is -0.156. The normalized spacial score (nSPS) is 26.2. The minimum atomic E-state index is -1.84. The minimum absolute atomic E-state index is 0.147. The zero-order valence-electron chi connectivity index (χ0n) is 20.1. The Hall–Kier alpha value is -3.43. The lowest BCUT2D eigenvalue weighted by Gasteiger charge is -2.35. The van der Waals surface area contributed by atoms with Crippen molar-refractivity contribution in [2.75, 3.05) is 13.7 Å². The fourth-order valence-corrected chi connectivity index (χ4v) is 5.15. The number of phenols is 1. The highest BCUT2D eigenvalue weighted by Gasteiger charge is 2.69. The number of rotatable bonds is 7. The Balaban J connectivity index is 1.75. The molecule has 0 radical (unpaired) electrons. The Morgan fingerprint density at radius 1 is 1.11 bits per heavy atom. The number of aliphatic carboxylic acids is 1. The van der Waals surface area contributed by atoms with Crippen LogP contribution in [0, 0.1) is 11.8 Å². The molecular formula is C26H30N2O7. The number of nitrogens with zero attached hydrogens (tertiary/aromatic N) is 1. The molecule has 4 rings (SSSR count). The van der Waals surface area contributed by atoms with Gasteiger partial charge in [-0.2, -0.15) is 0 Å². The SMILES string of the molecule is COc1ccc(C2NC(COCc3ccccc3)(C(=O)O)C3C(=O)N(C(C)(C)C)C(=O)C23)cc1O. The molecule has 0 spiro atoms. The summed E-state index contributed by atoms with van der Waals surface area (Å²) in [6.45, 7) is 5.03. The maximum absolute atomic E-state index is 13.6. The number of carboxylic acids is 1. The fraction of sp³-hybridized carbons (Fsp3) is 0.423. The molecule has 2 aromatic carbocycles. The largest absolute Gasteiger partial charge is 0.504 e. The summed E-state index contributed by atoms with van der Waals surface area (Å²) >= 11 is 0. The third-order valence-corrected chi connectivity index (χ3v) is 6.71. The van der Waals surface area contributed by atoms with E-state index in [1.165, 1.54) is 19.2 Å². The lowest BCUT2D eigenvalue weighted by Crippen LogP contribution is -2.60. The van der Waals surface area contributed by atoms with Gasteiger partial charge in [-0.05, 0) is 44.0 Å². The number of phenolic OH excluding ortho intramolecular Hbond substituents is 1. The summed E-state index contributed by atoms with van der Waals surface area (Å²) in [6.07, 6.45) is 0.